The zero-order valence-electron chi connectivity index (χ0n) is 16.0. The second-order valence-corrected chi connectivity index (χ2v) is 9.30. The third kappa shape index (κ3) is 3.66. The average Bonchev–Trinajstić information content (AvgIpc) is 3.18. The molecule has 0 unspecified atom stereocenters. The summed E-state index contributed by atoms with van der Waals surface area (Å²) in [4.78, 5) is 19.9. The number of hydrogen-bond donors (Lipinski definition) is 2. The van der Waals surface area contributed by atoms with Gasteiger partial charge in [-0.15, -0.1) is 0 Å². The van der Waals surface area contributed by atoms with E-state index in [0.717, 1.165) is 19.3 Å². The maximum absolute atomic E-state index is 15.1. The van der Waals surface area contributed by atoms with Gasteiger partial charge in [0.2, 0.25) is 10.0 Å². The second kappa shape index (κ2) is 7.88. The summed E-state index contributed by atoms with van der Waals surface area (Å²) in [5.41, 5.74) is 0.308. The number of nitrogens with one attached hydrogen (secondary N) is 2. The Morgan fingerprint density at radius 1 is 1.23 bits per heavy atom. The van der Waals surface area contributed by atoms with Crippen LogP contribution in [-0.4, -0.2) is 29.4 Å². The molecule has 2 N–H and O–H groups in total. The third-order valence-corrected chi connectivity index (χ3v) is 7.24. The molecule has 0 atom stereocenters. The van der Waals surface area contributed by atoms with E-state index in [2.05, 4.69) is 14.7 Å². The monoisotopic (exact) mass is 426 g/mol. The van der Waals surface area contributed by atoms with Gasteiger partial charge in [-0.3, -0.25) is 9.52 Å². The fourth-order valence-electron chi connectivity index (χ4n) is 3.80. The smallest absolute Gasteiger partial charge is 0.235 e. The van der Waals surface area contributed by atoms with Gasteiger partial charge in [-0.1, -0.05) is 25.3 Å². The minimum absolute atomic E-state index is 0.154. The molecule has 154 valence electrons. The Hall–Kier alpha value is -3.25. The van der Waals surface area contributed by atoms with Gasteiger partial charge in [-0.25, -0.2) is 17.8 Å². The van der Waals surface area contributed by atoms with E-state index in [9.17, 15) is 13.2 Å². The number of carbonyl (C=O) groups is 1. The summed E-state index contributed by atoms with van der Waals surface area (Å²) in [5, 5.41) is 8.90. The molecule has 1 aliphatic carbocycles. The van der Waals surface area contributed by atoms with Crippen molar-refractivity contribution in [2.75, 3.05) is 4.72 Å². The lowest BCUT2D eigenvalue weighted by Gasteiger charge is -2.22. The minimum Gasteiger partial charge on any atom is -0.345 e. The van der Waals surface area contributed by atoms with Crippen LogP contribution in [0.4, 0.5) is 10.1 Å². The molecule has 9 heteroatoms. The molecule has 0 aliphatic heterocycles. The van der Waals surface area contributed by atoms with Crippen LogP contribution in [0, 0.1) is 17.1 Å². The van der Waals surface area contributed by atoms with Crippen LogP contribution < -0.4 is 4.72 Å². The maximum atomic E-state index is 15.1. The predicted octanol–water partition coefficient (Wildman–Crippen LogP) is 3.88. The highest BCUT2D eigenvalue weighted by atomic mass is 32.2. The lowest BCUT2D eigenvalue weighted by molar-refractivity contribution is 0.103. The topological polar surface area (TPSA) is 116 Å². The summed E-state index contributed by atoms with van der Waals surface area (Å²) in [7, 11) is -3.75. The van der Waals surface area contributed by atoms with Gasteiger partial charge in [0.05, 0.1) is 22.1 Å². The number of sulfonamides is 1. The Morgan fingerprint density at radius 2 is 2.00 bits per heavy atom. The van der Waals surface area contributed by atoms with Gasteiger partial charge in [-0.05, 0) is 31.0 Å². The largest absolute Gasteiger partial charge is 0.345 e. The Labute approximate surface area is 173 Å². The molecule has 0 saturated heterocycles. The van der Waals surface area contributed by atoms with E-state index >= 15 is 4.39 Å². The number of nitrogens with zero attached hydrogens (tertiary/aromatic N) is 2. The second-order valence-electron chi connectivity index (χ2n) is 7.34. The van der Waals surface area contributed by atoms with E-state index < -0.39 is 26.9 Å². The van der Waals surface area contributed by atoms with Crippen molar-refractivity contribution < 1.29 is 17.6 Å². The predicted molar refractivity (Wildman–Crippen MR) is 110 cm³/mol. The van der Waals surface area contributed by atoms with Crippen molar-refractivity contribution in [1.29, 1.82) is 5.26 Å². The molecule has 1 aliphatic rings. The van der Waals surface area contributed by atoms with Crippen molar-refractivity contribution in [3.8, 4) is 6.07 Å². The summed E-state index contributed by atoms with van der Waals surface area (Å²) in [5.74, 6) is -1.56. The normalized spacial score (nSPS) is 15.1. The first-order chi connectivity index (χ1) is 14.4. The van der Waals surface area contributed by atoms with Crippen molar-refractivity contribution in [2.24, 2.45) is 0 Å². The first kappa shape index (κ1) is 20.0. The fourth-order valence-corrected chi connectivity index (χ4v) is 5.38. The molecule has 7 nitrogen and oxygen atoms in total. The maximum Gasteiger partial charge on any atom is 0.235 e. The number of hydrogen-bond acceptors (Lipinski definition) is 5. The van der Waals surface area contributed by atoms with Gasteiger partial charge in [0.15, 0.2) is 11.6 Å². The van der Waals surface area contributed by atoms with E-state index in [1.54, 1.807) is 0 Å². The van der Waals surface area contributed by atoms with Gasteiger partial charge in [0, 0.05) is 23.3 Å². The molecule has 1 saturated carbocycles. The van der Waals surface area contributed by atoms with Crippen LogP contribution in [0.2, 0.25) is 0 Å². The van der Waals surface area contributed by atoms with Gasteiger partial charge < -0.3 is 4.98 Å². The molecule has 0 bridgehead atoms. The molecular formula is C21H19FN4O3S. The Morgan fingerprint density at radius 3 is 2.73 bits per heavy atom. The molecule has 4 rings (SSSR count). The number of carbonyl (C=O) groups excluding carboxylic acids is 1. The lowest BCUT2D eigenvalue weighted by atomic mass is 10.0. The van der Waals surface area contributed by atoms with Crippen LogP contribution in [0.15, 0.2) is 36.7 Å². The van der Waals surface area contributed by atoms with Gasteiger partial charge in [0.1, 0.15) is 11.7 Å². The van der Waals surface area contributed by atoms with E-state index in [0.29, 0.717) is 23.9 Å². The zero-order valence-corrected chi connectivity index (χ0v) is 16.8. The van der Waals surface area contributed by atoms with E-state index in [1.807, 2.05) is 6.07 Å². The van der Waals surface area contributed by atoms with Crippen LogP contribution in [0.1, 0.15) is 53.6 Å². The third-order valence-electron chi connectivity index (χ3n) is 5.39. The molecule has 2 aromatic heterocycles. The molecule has 0 spiro atoms. The SMILES string of the molecule is N#Cc1cnc2[nH]cc(C(=O)c3cccc(NS(=O)(=O)C4CCCCC4)c3F)c2c1. The summed E-state index contributed by atoms with van der Waals surface area (Å²) < 4.78 is 42.8. The molecule has 0 radical (unpaired) electrons. The number of benzene rings is 1. The van der Waals surface area contributed by atoms with Gasteiger partial charge in [-0.2, -0.15) is 5.26 Å². The van der Waals surface area contributed by atoms with Crippen molar-refractivity contribution >= 4 is 32.5 Å². The van der Waals surface area contributed by atoms with E-state index in [1.165, 1.54) is 36.7 Å². The first-order valence-corrected chi connectivity index (χ1v) is 11.2. The summed E-state index contributed by atoms with van der Waals surface area (Å²) in [6, 6.07) is 7.49. The number of halogens is 1. The van der Waals surface area contributed by atoms with Crippen LogP contribution in [0.25, 0.3) is 11.0 Å². The van der Waals surface area contributed by atoms with Crippen LogP contribution in [0.5, 0.6) is 0 Å². The zero-order chi connectivity index (χ0) is 21.3. The van der Waals surface area contributed by atoms with Crippen LogP contribution in [-0.2, 0) is 10.0 Å². The number of rotatable bonds is 5. The van der Waals surface area contributed by atoms with Crippen molar-refractivity contribution in [2.45, 2.75) is 37.4 Å². The number of H-pyrrole nitrogens is 1. The number of aromatic amines is 1. The number of nitriles is 1. The molecular weight excluding hydrogens is 407 g/mol. The Balaban J connectivity index is 1.68. The minimum atomic E-state index is -3.75. The van der Waals surface area contributed by atoms with Crippen LogP contribution in [0.3, 0.4) is 0 Å². The van der Waals surface area contributed by atoms with Crippen molar-refractivity contribution in [3.05, 3.63) is 59.2 Å². The molecule has 0 amide bonds. The summed E-state index contributed by atoms with van der Waals surface area (Å²) in [6.45, 7) is 0. The average molecular weight is 426 g/mol. The van der Waals surface area contributed by atoms with Gasteiger partial charge >= 0.3 is 0 Å². The highest BCUT2D eigenvalue weighted by Gasteiger charge is 2.29. The number of fused-ring (bicyclic) bond motifs is 1. The van der Waals surface area contributed by atoms with E-state index in [-0.39, 0.29) is 22.4 Å². The number of anilines is 1. The summed E-state index contributed by atoms with van der Waals surface area (Å²) in [6.07, 6.45) is 6.50. The molecule has 30 heavy (non-hydrogen) atoms. The first-order valence-electron chi connectivity index (χ1n) is 9.63. The molecule has 1 aromatic carbocycles. The van der Waals surface area contributed by atoms with Crippen molar-refractivity contribution in [1.82, 2.24) is 9.97 Å². The van der Waals surface area contributed by atoms with E-state index in [4.69, 9.17) is 5.26 Å². The Kier molecular flexibility index (Phi) is 5.26. The number of pyridine rings is 1. The summed E-state index contributed by atoms with van der Waals surface area (Å²) >= 11 is 0. The van der Waals surface area contributed by atoms with Crippen LogP contribution >= 0.6 is 0 Å². The number of ketones is 1. The standard InChI is InChI=1S/C21H19FN4O3S/c22-19-15(20(27)17-12-25-21-16(17)9-13(10-23)11-24-21)7-4-8-18(19)26-30(28,29)14-5-2-1-3-6-14/h4,7-9,11-12,14,26H,1-3,5-6H2,(H,24,25). The highest BCUT2D eigenvalue weighted by molar-refractivity contribution is 7.93. The van der Waals surface area contributed by atoms with Gasteiger partial charge in [0.25, 0.3) is 0 Å². The molecule has 1 fully saturated rings. The Bertz CT molecular complexity index is 1270. The molecule has 3 aromatic rings. The van der Waals surface area contributed by atoms with Crippen molar-refractivity contribution in [3.63, 3.8) is 0 Å². The fraction of sp³-hybridized carbons (Fsp3) is 0.286. The highest BCUT2D eigenvalue weighted by Crippen LogP contribution is 2.28. The lowest BCUT2D eigenvalue weighted by Crippen LogP contribution is -2.30. The quantitative estimate of drug-likeness (QED) is 0.601. The number of aromatic nitrogens is 2. The molecule has 2 heterocycles.